The van der Waals surface area contributed by atoms with Gasteiger partial charge in [-0.3, -0.25) is 4.55 Å². The molecule has 1 rings (SSSR count). The van der Waals surface area contributed by atoms with E-state index in [9.17, 15) is 4.21 Å². The third-order valence-corrected chi connectivity index (χ3v) is 2.09. The second kappa shape index (κ2) is 3.64. The predicted molar refractivity (Wildman–Crippen MR) is 47.1 cm³/mol. The van der Waals surface area contributed by atoms with Gasteiger partial charge in [0.05, 0.1) is 0 Å². The molecule has 0 aliphatic heterocycles. The summed E-state index contributed by atoms with van der Waals surface area (Å²) >= 11 is -1.95. The summed E-state index contributed by atoms with van der Waals surface area (Å²) in [7, 11) is 3.82. The van der Waals surface area contributed by atoms with Gasteiger partial charge in [-0.05, 0) is 0 Å². The molecule has 1 aromatic rings. The molecule has 1 N–H and O–H groups in total. The third-order valence-electron chi connectivity index (χ3n) is 1.48. The smallest absolute Gasteiger partial charge is 0.377 e. The van der Waals surface area contributed by atoms with Crippen molar-refractivity contribution in [1.82, 2.24) is 0 Å². The van der Waals surface area contributed by atoms with Gasteiger partial charge >= 0.3 is 11.3 Å². The highest BCUT2D eigenvalue weighted by Gasteiger charge is 2.06. The van der Waals surface area contributed by atoms with Crippen LogP contribution in [-0.4, -0.2) is 22.9 Å². The zero-order chi connectivity index (χ0) is 9.14. The first kappa shape index (κ1) is 9.15. The van der Waals surface area contributed by atoms with Gasteiger partial charge in [0, 0.05) is 31.9 Å². The standard InChI is InChI=1S/C7H10N2O2S/c1-8(2)7-3-5-9(6-4-7)12(10)11/h3-6H,1-2H3/p+1. The van der Waals surface area contributed by atoms with Gasteiger partial charge in [0.25, 0.3) is 0 Å². The summed E-state index contributed by atoms with van der Waals surface area (Å²) in [6, 6.07) is 3.54. The summed E-state index contributed by atoms with van der Waals surface area (Å²) in [6.45, 7) is 0. The molecule has 1 aromatic heterocycles. The summed E-state index contributed by atoms with van der Waals surface area (Å²) in [5.41, 5.74) is 0.997. The molecule has 1 atom stereocenters. The molecule has 0 bridgehead atoms. The average molecular weight is 187 g/mol. The molecule has 12 heavy (non-hydrogen) atoms. The molecule has 1 unspecified atom stereocenters. The highest BCUT2D eigenvalue weighted by atomic mass is 32.2. The second-order valence-electron chi connectivity index (χ2n) is 2.54. The Morgan fingerprint density at radius 3 is 2.25 bits per heavy atom. The van der Waals surface area contributed by atoms with E-state index in [0.717, 1.165) is 5.69 Å². The number of rotatable bonds is 2. The van der Waals surface area contributed by atoms with Crippen LogP contribution in [-0.2, 0) is 11.3 Å². The van der Waals surface area contributed by atoms with Gasteiger partial charge in [0.15, 0.2) is 12.4 Å². The van der Waals surface area contributed by atoms with Gasteiger partial charge in [-0.2, -0.15) is 4.21 Å². The van der Waals surface area contributed by atoms with Crippen molar-refractivity contribution in [3.8, 4) is 0 Å². The molecule has 5 heteroatoms. The lowest BCUT2D eigenvalue weighted by molar-refractivity contribution is -0.511. The van der Waals surface area contributed by atoms with Gasteiger partial charge in [-0.25, -0.2) is 0 Å². The highest BCUT2D eigenvalue weighted by Crippen LogP contribution is 2.05. The van der Waals surface area contributed by atoms with Crippen LogP contribution in [0.15, 0.2) is 24.5 Å². The number of aromatic nitrogens is 1. The Balaban J connectivity index is 2.93. The quantitative estimate of drug-likeness (QED) is 0.524. The van der Waals surface area contributed by atoms with Crippen molar-refractivity contribution < 1.29 is 12.7 Å². The molecule has 0 spiro atoms. The first-order valence-corrected chi connectivity index (χ1v) is 4.47. The summed E-state index contributed by atoms with van der Waals surface area (Å²) in [6.07, 6.45) is 3.12. The minimum atomic E-state index is -1.95. The lowest BCUT2D eigenvalue weighted by atomic mass is 10.4. The fourth-order valence-corrected chi connectivity index (χ4v) is 1.14. The number of nitrogens with zero attached hydrogens (tertiary/aromatic N) is 2. The summed E-state index contributed by atoms with van der Waals surface area (Å²) in [5.74, 6) is 0. The first-order chi connectivity index (χ1) is 5.61. The van der Waals surface area contributed by atoms with E-state index in [1.54, 1.807) is 24.5 Å². The largest absolute Gasteiger partial charge is 0.443 e. The van der Waals surface area contributed by atoms with Crippen molar-refractivity contribution in [3.63, 3.8) is 0 Å². The van der Waals surface area contributed by atoms with Crippen LogP contribution in [0.5, 0.6) is 0 Å². The maximum Gasteiger partial charge on any atom is 0.443 e. The summed E-state index contributed by atoms with van der Waals surface area (Å²) < 4.78 is 20.4. The SMILES string of the molecule is CN(C)c1cc[n+](S(=O)O)cc1. The molecule has 0 saturated carbocycles. The van der Waals surface area contributed by atoms with E-state index in [2.05, 4.69) is 0 Å². The molecule has 66 valence electrons. The van der Waals surface area contributed by atoms with Gasteiger partial charge < -0.3 is 4.90 Å². The fraction of sp³-hybridized carbons (Fsp3) is 0.286. The predicted octanol–water partition coefficient (Wildman–Crippen LogP) is 0.0249. The third kappa shape index (κ3) is 2.02. The molecule has 0 radical (unpaired) electrons. The number of hydrogen-bond donors (Lipinski definition) is 1. The molecule has 0 aliphatic carbocycles. The zero-order valence-corrected chi connectivity index (χ0v) is 7.78. The number of pyridine rings is 1. The zero-order valence-electron chi connectivity index (χ0n) is 6.97. The molecule has 0 amide bonds. The van der Waals surface area contributed by atoms with Crippen LogP contribution in [0.1, 0.15) is 0 Å². The maximum atomic E-state index is 10.5. The highest BCUT2D eigenvalue weighted by molar-refractivity contribution is 7.72. The average Bonchev–Trinajstić information content (AvgIpc) is 2.04. The van der Waals surface area contributed by atoms with Crippen molar-refractivity contribution in [2.24, 2.45) is 0 Å². The van der Waals surface area contributed by atoms with Crippen molar-refractivity contribution in [2.75, 3.05) is 19.0 Å². The number of anilines is 1. The Bertz CT molecular complexity index is 284. The molecule has 1 heterocycles. The maximum absolute atomic E-state index is 10.5. The Labute approximate surface area is 73.9 Å². The van der Waals surface area contributed by atoms with Gasteiger partial charge in [0.2, 0.25) is 0 Å². The molecule has 4 nitrogen and oxygen atoms in total. The van der Waals surface area contributed by atoms with Gasteiger partial charge in [-0.1, -0.05) is 3.97 Å². The minimum absolute atomic E-state index is 0.997. The monoisotopic (exact) mass is 187 g/mol. The topological polar surface area (TPSA) is 44.4 Å². The second-order valence-corrected chi connectivity index (χ2v) is 3.42. The van der Waals surface area contributed by atoms with E-state index in [0.29, 0.717) is 0 Å². The van der Waals surface area contributed by atoms with Crippen LogP contribution in [0.25, 0.3) is 0 Å². The van der Waals surface area contributed by atoms with E-state index in [1.807, 2.05) is 19.0 Å². The fourth-order valence-electron chi connectivity index (χ4n) is 0.807. The van der Waals surface area contributed by atoms with Crippen molar-refractivity contribution in [3.05, 3.63) is 24.5 Å². The van der Waals surface area contributed by atoms with Gasteiger partial charge in [0.1, 0.15) is 0 Å². The lowest BCUT2D eigenvalue weighted by Crippen LogP contribution is -2.36. The first-order valence-electron chi connectivity index (χ1n) is 3.41. The van der Waals surface area contributed by atoms with Crippen LogP contribution in [0, 0.1) is 0 Å². The van der Waals surface area contributed by atoms with E-state index in [-0.39, 0.29) is 0 Å². The van der Waals surface area contributed by atoms with E-state index < -0.39 is 11.3 Å². The van der Waals surface area contributed by atoms with Crippen molar-refractivity contribution >= 4 is 17.0 Å². The Morgan fingerprint density at radius 1 is 1.42 bits per heavy atom. The van der Waals surface area contributed by atoms with Crippen molar-refractivity contribution in [1.29, 1.82) is 0 Å². The molecule has 0 fully saturated rings. The Hall–Kier alpha value is -0.940. The van der Waals surface area contributed by atoms with Crippen LogP contribution >= 0.6 is 0 Å². The van der Waals surface area contributed by atoms with Crippen LogP contribution in [0.3, 0.4) is 0 Å². The summed E-state index contributed by atoms with van der Waals surface area (Å²) in [5, 5.41) is 0. The number of hydrogen-bond acceptors (Lipinski definition) is 2. The molecule has 0 saturated heterocycles. The molecular weight excluding hydrogens is 176 g/mol. The van der Waals surface area contributed by atoms with Crippen molar-refractivity contribution in [2.45, 2.75) is 0 Å². The molecule has 0 aliphatic rings. The lowest BCUT2D eigenvalue weighted by Gasteiger charge is -2.09. The van der Waals surface area contributed by atoms with E-state index in [1.165, 1.54) is 3.97 Å². The summed E-state index contributed by atoms with van der Waals surface area (Å²) in [4.78, 5) is 1.92. The van der Waals surface area contributed by atoms with Crippen LogP contribution < -0.4 is 8.87 Å². The van der Waals surface area contributed by atoms with E-state index in [4.69, 9.17) is 4.55 Å². The van der Waals surface area contributed by atoms with Crippen LogP contribution in [0.2, 0.25) is 0 Å². The molecular formula is C7H11N2O2S+. The van der Waals surface area contributed by atoms with Gasteiger partial charge in [-0.15, -0.1) is 0 Å². The van der Waals surface area contributed by atoms with Crippen LogP contribution in [0.4, 0.5) is 5.69 Å². The van der Waals surface area contributed by atoms with E-state index >= 15 is 0 Å². The normalized spacial score (nSPS) is 12.6. The Kier molecular flexibility index (Phi) is 2.78. The Morgan fingerprint density at radius 2 is 1.92 bits per heavy atom. The molecule has 0 aromatic carbocycles. The minimum Gasteiger partial charge on any atom is -0.377 e.